The van der Waals surface area contributed by atoms with Gasteiger partial charge in [-0.1, -0.05) is 0 Å². The summed E-state index contributed by atoms with van der Waals surface area (Å²) in [4.78, 5) is 1.03. The zero-order valence-electron chi connectivity index (χ0n) is 7.30. The zero-order chi connectivity index (χ0) is 9.59. The Morgan fingerprint density at radius 1 is 1.46 bits per heavy atom. The van der Waals surface area contributed by atoms with Crippen LogP contribution in [0.5, 0.6) is 0 Å². The van der Waals surface area contributed by atoms with E-state index in [9.17, 15) is 5.11 Å². The SMILES string of the molecule is Cc1csc2c(Br)c(C(C)O)sc12. The molecule has 0 fully saturated rings. The first-order chi connectivity index (χ1) is 6.11. The number of aliphatic hydroxyl groups excluding tert-OH is 1. The molecule has 0 aliphatic rings. The highest BCUT2D eigenvalue weighted by Gasteiger charge is 2.15. The lowest BCUT2D eigenvalue weighted by Crippen LogP contribution is -1.85. The Morgan fingerprint density at radius 3 is 2.69 bits per heavy atom. The van der Waals surface area contributed by atoms with Gasteiger partial charge in [-0.15, -0.1) is 22.7 Å². The van der Waals surface area contributed by atoms with Crippen molar-refractivity contribution >= 4 is 48.0 Å². The lowest BCUT2D eigenvalue weighted by molar-refractivity contribution is 0.202. The van der Waals surface area contributed by atoms with Crippen molar-refractivity contribution < 1.29 is 5.11 Å². The molecule has 1 N–H and O–H groups in total. The van der Waals surface area contributed by atoms with Crippen molar-refractivity contribution in [3.8, 4) is 0 Å². The van der Waals surface area contributed by atoms with Gasteiger partial charge in [0.25, 0.3) is 0 Å². The lowest BCUT2D eigenvalue weighted by Gasteiger charge is -1.99. The van der Waals surface area contributed by atoms with Crippen LogP contribution in [0.2, 0.25) is 0 Å². The molecule has 2 aromatic heterocycles. The van der Waals surface area contributed by atoms with Crippen LogP contribution in [-0.4, -0.2) is 5.11 Å². The molecule has 1 nitrogen and oxygen atoms in total. The van der Waals surface area contributed by atoms with Crippen molar-refractivity contribution in [1.29, 1.82) is 0 Å². The van der Waals surface area contributed by atoms with E-state index >= 15 is 0 Å². The summed E-state index contributed by atoms with van der Waals surface area (Å²) in [5.41, 5.74) is 1.30. The van der Waals surface area contributed by atoms with Gasteiger partial charge in [-0.25, -0.2) is 0 Å². The summed E-state index contributed by atoms with van der Waals surface area (Å²) >= 11 is 6.94. The largest absolute Gasteiger partial charge is 0.388 e. The summed E-state index contributed by atoms with van der Waals surface area (Å²) in [5.74, 6) is 0. The van der Waals surface area contributed by atoms with Gasteiger partial charge in [-0.2, -0.15) is 0 Å². The summed E-state index contributed by atoms with van der Waals surface area (Å²) in [6.45, 7) is 3.91. The van der Waals surface area contributed by atoms with Crippen LogP contribution in [0.4, 0.5) is 0 Å². The predicted molar refractivity (Wildman–Crippen MR) is 62.8 cm³/mol. The van der Waals surface area contributed by atoms with Gasteiger partial charge in [0.15, 0.2) is 0 Å². The lowest BCUT2D eigenvalue weighted by atomic mass is 10.3. The maximum Gasteiger partial charge on any atom is 0.0866 e. The number of rotatable bonds is 1. The molecular weight excluding hydrogens is 268 g/mol. The molecule has 2 rings (SSSR count). The molecule has 0 spiro atoms. The molecule has 2 aromatic rings. The van der Waals surface area contributed by atoms with Gasteiger partial charge in [-0.3, -0.25) is 0 Å². The molecule has 0 aromatic carbocycles. The Bertz CT molecular complexity index is 442. The smallest absolute Gasteiger partial charge is 0.0866 e. The number of hydrogen-bond donors (Lipinski definition) is 1. The van der Waals surface area contributed by atoms with E-state index in [1.54, 1.807) is 29.6 Å². The van der Waals surface area contributed by atoms with E-state index in [0.29, 0.717) is 0 Å². The highest BCUT2D eigenvalue weighted by atomic mass is 79.9. The number of aliphatic hydroxyl groups is 1. The zero-order valence-corrected chi connectivity index (χ0v) is 10.5. The van der Waals surface area contributed by atoms with Crippen molar-refractivity contribution in [2.24, 2.45) is 0 Å². The Kier molecular flexibility index (Phi) is 2.49. The highest BCUT2D eigenvalue weighted by Crippen LogP contribution is 2.43. The molecule has 0 bridgehead atoms. The molecule has 13 heavy (non-hydrogen) atoms. The van der Waals surface area contributed by atoms with E-state index in [2.05, 4.69) is 28.2 Å². The number of halogens is 1. The van der Waals surface area contributed by atoms with Gasteiger partial charge in [-0.05, 0) is 40.7 Å². The Hall–Kier alpha value is 0.1000. The van der Waals surface area contributed by atoms with Crippen LogP contribution in [0.25, 0.3) is 9.40 Å². The van der Waals surface area contributed by atoms with Crippen molar-refractivity contribution in [1.82, 2.24) is 0 Å². The molecule has 1 atom stereocenters. The summed E-state index contributed by atoms with van der Waals surface area (Å²) in [5, 5.41) is 11.7. The first-order valence-corrected chi connectivity index (χ1v) is 6.44. The maximum absolute atomic E-state index is 9.50. The normalized spacial score (nSPS) is 13.8. The van der Waals surface area contributed by atoms with E-state index in [1.807, 2.05) is 0 Å². The topological polar surface area (TPSA) is 20.2 Å². The molecule has 1 unspecified atom stereocenters. The fraction of sp³-hybridized carbons (Fsp3) is 0.333. The average molecular weight is 277 g/mol. The van der Waals surface area contributed by atoms with Crippen molar-refractivity contribution in [3.05, 3.63) is 20.3 Å². The van der Waals surface area contributed by atoms with Crippen LogP contribution >= 0.6 is 38.6 Å². The van der Waals surface area contributed by atoms with E-state index in [0.717, 1.165) is 9.35 Å². The second-order valence-corrected chi connectivity index (χ2v) is 5.76. The van der Waals surface area contributed by atoms with Crippen LogP contribution < -0.4 is 0 Å². The molecule has 0 saturated carbocycles. The number of hydrogen-bond acceptors (Lipinski definition) is 3. The van der Waals surface area contributed by atoms with Crippen LogP contribution in [0.15, 0.2) is 9.85 Å². The molecule has 0 aliphatic carbocycles. The summed E-state index contributed by atoms with van der Waals surface area (Å²) < 4.78 is 3.63. The number of aryl methyl sites for hydroxylation is 1. The van der Waals surface area contributed by atoms with Gasteiger partial charge in [0.1, 0.15) is 0 Å². The Labute approximate surface area is 93.2 Å². The third kappa shape index (κ3) is 1.46. The number of thiophene rings is 2. The first kappa shape index (κ1) is 9.65. The predicted octanol–water partition coefficient (Wildman–Crippen LogP) is 4.09. The second-order valence-electron chi connectivity index (χ2n) is 3.03. The maximum atomic E-state index is 9.50. The van der Waals surface area contributed by atoms with Crippen LogP contribution in [0, 0.1) is 6.92 Å². The molecule has 4 heteroatoms. The van der Waals surface area contributed by atoms with E-state index in [-0.39, 0.29) is 6.10 Å². The molecule has 70 valence electrons. The van der Waals surface area contributed by atoms with Crippen molar-refractivity contribution in [3.63, 3.8) is 0 Å². The van der Waals surface area contributed by atoms with E-state index in [1.165, 1.54) is 15.0 Å². The fourth-order valence-electron chi connectivity index (χ4n) is 1.25. The Balaban J connectivity index is 2.74. The fourth-order valence-corrected chi connectivity index (χ4v) is 4.73. The van der Waals surface area contributed by atoms with Gasteiger partial charge in [0, 0.05) is 9.58 Å². The van der Waals surface area contributed by atoms with Crippen LogP contribution in [0.3, 0.4) is 0 Å². The van der Waals surface area contributed by atoms with Crippen molar-refractivity contribution in [2.75, 3.05) is 0 Å². The van der Waals surface area contributed by atoms with Crippen molar-refractivity contribution in [2.45, 2.75) is 20.0 Å². The monoisotopic (exact) mass is 276 g/mol. The standard InChI is InChI=1S/C9H9BrOS2/c1-4-3-12-9-6(10)8(5(2)11)13-7(4)9/h3,5,11H,1-2H3. The quantitative estimate of drug-likeness (QED) is 0.832. The summed E-state index contributed by atoms with van der Waals surface area (Å²) in [7, 11) is 0. The van der Waals surface area contributed by atoms with Gasteiger partial charge in [0.05, 0.1) is 15.3 Å². The minimum atomic E-state index is -0.377. The first-order valence-electron chi connectivity index (χ1n) is 3.95. The van der Waals surface area contributed by atoms with Gasteiger partial charge in [0.2, 0.25) is 0 Å². The van der Waals surface area contributed by atoms with E-state index in [4.69, 9.17) is 0 Å². The minimum absolute atomic E-state index is 0.377. The average Bonchev–Trinajstić information content (AvgIpc) is 2.55. The molecular formula is C9H9BrOS2. The van der Waals surface area contributed by atoms with Gasteiger partial charge < -0.3 is 5.11 Å². The minimum Gasteiger partial charge on any atom is -0.388 e. The molecule has 0 aliphatic heterocycles. The van der Waals surface area contributed by atoms with Crippen LogP contribution in [0.1, 0.15) is 23.5 Å². The molecule has 0 amide bonds. The molecule has 2 heterocycles. The van der Waals surface area contributed by atoms with Crippen LogP contribution in [-0.2, 0) is 0 Å². The third-order valence-electron chi connectivity index (χ3n) is 1.93. The second kappa shape index (κ2) is 3.35. The molecule has 0 saturated heterocycles. The summed E-state index contributed by atoms with van der Waals surface area (Å²) in [6.07, 6.45) is -0.377. The van der Waals surface area contributed by atoms with E-state index < -0.39 is 0 Å². The Morgan fingerprint density at radius 2 is 2.15 bits per heavy atom. The van der Waals surface area contributed by atoms with Gasteiger partial charge >= 0.3 is 0 Å². The number of fused-ring (bicyclic) bond motifs is 1. The molecule has 0 radical (unpaired) electrons. The third-order valence-corrected chi connectivity index (χ3v) is 6.01. The summed E-state index contributed by atoms with van der Waals surface area (Å²) in [6, 6.07) is 0. The highest BCUT2D eigenvalue weighted by molar-refractivity contribution is 9.10.